The van der Waals surface area contributed by atoms with Crippen LogP contribution >= 0.6 is 0 Å². The number of benzene rings is 4. The molecule has 0 saturated heterocycles. The first-order valence-corrected chi connectivity index (χ1v) is 16.3. The molecule has 0 aromatic heterocycles. The molecule has 8 nitrogen and oxygen atoms in total. The zero-order valence-corrected chi connectivity index (χ0v) is 27.0. The maximum Gasteiger partial charge on any atom is 0.416 e. The van der Waals surface area contributed by atoms with Crippen molar-refractivity contribution in [3.8, 4) is 0 Å². The number of Topliss-reactive ketones (excluding diaryl/α,β-unsaturated/α-hetero) is 1. The van der Waals surface area contributed by atoms with Gasteiger partial charge in [0.05, 0.1) is 11.3 Å². The number of fused-ring (bicyclic) bond motifs is 1. The molecule has 0 aliphatic heterocycles. The van der Waals surface area contributed by atoms with Gasteiger partial charge >= 0.3 is 16.3 Å². The first kappa shape index (κ1) is 34.1. The van der Waals surface area contributed by atoms with Gasteiger partial charge in [0, 0.05) is 23.2 Å². The number of alkyl halides is 3. The molecule has 0 heterocycles. The first-order valence-electron chi connectivity index (χ1n) is 14.9. The number of ketones is 1. The van der Waals surface area contributed by atoms with Gasteiger partial charge < -0.3 is 10.6 Å². The quantitative estimate of drug-likeness (QED) is 0.184. The Hall–Kier alpha value is -5.23. The Morgan fingerprint density at radius 3 is 2.12 bits per heavy atom. The highest BCUT2D eigenvalue weighted by atomic mass is 32.2. The number of nitrogens with zero attached hydrogens (tertiary/aromatic N) is 1. The maximum atomic E-state index is 13.6. The Morgan fingerprint density at radius 2 is 1.48 bits per heavy atom. The van der Waals surface area contributed by atoms with Crippen LogP contribution in [0, 0.1) is 0 Å². The number of allylic oxidation sites excluding steroid dienone is 2. The van der Waals surface area contributed by atoms with E-state index in [-0.39, 0.29) is 39.4 Å². The second-order valence-electron chi connectivity index (χ2n) is 12.2. The molecule has 0 saturated carbocycles. The van der Waals surface area contributed by atoms with Gasteiger partial charge in [-0.15, -0.1) is 0 Å². The number of nitrogens with one attached hydrogen (secondary N) is 2. The van der Waals surface area contributed by atoms with E-state index in [4.69, 9.17) is 4.28 Å². The van der Waals surface area contributed by atoms with Crippen molar-refractivity contribution in [2.24, 2.45) is 5.16 Å². The van der Waals surface area contributed by atoms with E-state index in [9.17, 15) is 31.2 Å². The lowest BCUT2D eigenvalue weighted by Gasteiger charge is -2.24. The zero-order valence-electron chi connectivity index (χ0n) is 26.2. The molecular weight excluding hydrogens is 643 g/mol. The average molecular weight is 676 g/mol. The molecule has 2 N–H and O–H groups in total. The van der Waals surface area contributed by atoms with Crippen molar-refractivity contribution in [1.82, 2.24) is 5.32 Å². The van der Waals surface area contributed by atoms with Gasteiger partial charge in [-0.1, -0.05) is 98.7 Å². The van der Waals surface area contributed by atoms with Crippen LogP contribution in [-0.4, -0.2) is 31.9 Å². The lowest BCUT2D eigenvalue weighted by molar-refractivity contribution is -0.137. The molecule has 0 fully saturated rings. The van der Waals surface area contributed by atoms with Gasteiger partial charge in [0.1, 0.15) is 16.6 Å². The average Bonchev–Trinajstić information content (AvgIpc) is 3.05. The summed E-state index contributed by atoms with van der Waals surface area (Å²) in [7, 11) is -4.35. The van der Waals surface area contributed by atoms with Gasteiger partial charge in [-0.25, -0.2) is 0 Å². The van der Waals surface area contributed by atoms with Crippen LogP contribution in [-0.2, 0) is 37.2 Å². The molecule has 1 unspecified atom stereocenters. The summed E-state index contributed by atoms with van der Waals surface area (Å²) in [6.45, 7) is 5.99. The van der Waals surface area contributed by atoms with Gasteiger partial charge in [0.2, 0.25) is 11.7 Å². The number of rotatable bonds is 9. The van der Waals surface area contributed by atoms with Gasteiger partial charge in [-0.05, 0) is 52.9 Å². The molecule has 0 bridgehead atoms. The smallest absolute Gasteiger partial charge is 0.370 e. The summed E-state index contributed by atoms with van der Waals surface area (Å²) in [5.41, 5.74) is 0.803. The number of carbonyl (C=O) groups is 2. The number of carbonyl (C=O) groups excluding carboxylic acids is 2. The number of halogens is 3. The molecule has 1 atom stereocenters. The predicted molar refractivity (Wildman–Crippen MR) is 176 cm³/mol. The van der Waals surface area contributed by atoms with Crippen LogP contribution in [0.2, 0.25) is 0 Å². The molecule has 0 radical (unpaired) electrons. The van der Waals surface area contributed by atoms with Crippen LogP contribution in [0.25, 0.3) is 0 Å². The van der Waals surface area contributed by atoms with Crippen molar-refractivity contribution in [2.45, 2.75) is 49.7 Å². The summed E-state index contributed by atoms with van der Waals surface area (Å²) in [5.74, 6) is -1.21. The minimum absolute atomic E-state index is 0.000616. The summed E-state index contributed by atoms with van der Waals surface area (Å²) in [6, 6.07) is 24.5. The minimum Gasteiger partial charge on any atom is -0.370 e. The summed E-state index contributed by atoms with van der Waals surface area (Å²) in [4.78, 5) is 27.1. The van der Waals surface area contributed by atoms with Crippen LogP contribution < -0.4 is 10.6 Å². The number of amides is 1. The monoisotopic (exact) mass is 675 g/mol. The standard InChI is InChI=1S/C36H32F3N3O5S/c1-35(2,3)24-16-18-27(19-17-24)48(45,46)47-42-30-22-31(33(43)29-15-8-7-14-28(29)30)41-32(20-23-10-5-4-6-11-23)34(44)40-26-13-9-12-25(21-26)36(37,38)39/h4-19,21-22,32,41H,20H2,1-3H3,(H,40,44). The Balaban J connectivity index is 1.46. The number of hydrogen-bond acceptors (Lipinski definition) is 7. The normalized spacial score (nSPS) is 14.9. The van der Waals surface area contributed by atoms with Gasteiger partial charge in [-0.3, -0.25) is 13.9 Å². The Bertz CT molecular complexity index is 2000. The SMILES string of the molecule is CC(C)(C)c1ccc(S(=O)(=O)ON=C2C=C(NC(Cc3ccccc3)C(=O)Nc3cccc(C(F)(F)F)c3)C(=O)c3ccccc32)cc1. The molecule has 12 heteroatoms. The molecular formula is C36H32F3N3O5S. The molecule has 248 valence electrons. The molecule has 1 amide bonds. The molecule has 4 aromatic rings. The van der Waals surface area contributed by atoms with E-state index in [1.54, 1.807) is 60.7 Å². The van der Waals surface area contributed by atoms with E-state index >= 15 is 0 Å². The second-order valence-corrected chi connectivity index (χ2v) is 13.7. The minimum atomic E-state index is -4.61. The van der Waals surface area contributed by atoms with E-state index in [2.05, 4.69) is 15.8 Å². The fourth-order valence-electron chi connectivity index (χ4n) is 5.02. The fraction of sp³-hybridized carbons (Fsp3) is 0.194. The van der Waals surface area contributed by atoms with Crippen LogP contribution in [0.4, 0.5) is 18.9 Å². The third kappa shape index (κ3) is 8.00. The van der Waals surface area contributed by atoms with E-state index in [1.165, 1.54) is 36.4 Å². The fourth-order valence-corrected chi connectivity index (χ4v) is 5.75. The van der Waals surface area contributed by atoms with Gasteiger partial charge in [0.25, 0.3) is 0 Å². The highest BCUT2D eigenvalue weighted by Crippen LogP contribution is 2.31. The lowest BCUT2D eigenvalue weighted by atomic mass is 9.87. The van der Waals surface area contributed by atoms with Crippen LogP contribution in [0.15, 0.2) is 125 Å². The zero-order chi connectivity index (χ0) is 34.7. The van der Waals surface area contributed by atoms with Gasteiger partial charge in [-0.2, -0.15) is 21.6 Å². The van der Waals surface area contributed by atoms with E-state index in [0.29, 0.717) is 11.1 Å². The van der Waals surface area contributed by atoms with E-state index < -0.39 is 39.6 Å². The number of anilines is 1. The number of hydrogen-bond donors (Lipinski definition) is 2. The van der Waals surface area contributed by atoms with Crippen molar-refractivity contribution in [1.29, 1.82) is 0 Å². The third-order valence-electron chi connectivity index (χ3n) is 7.60. The molecule has 48 heavy (non-hydrogen) atoms. The van der Waals surface area contributed by atoms with E-state index in [1.807, 2.05) is 20.8 Å². The predicted octanol–water partition coefficient (Wildman–Crippen LogP) is 7.03. The molecule has 1 aliphatic rings. The third-order valence-corrected chi connectivity index (χ3v) is 8.72. The molecule has 5 rings (SSSR count). The second kappa shape index (κ2) is 13.5. The van der Waals surface area contributed by atoms with Crippen LogP contribution in [0.1, 0.15) is 53.4 Å². The van der Waals surface area contributed by atoms with Crippen molar-refractivity contribution < 1.29 is 35.5 Å². The highest BCUT2D eigenvalue weighted by Gasteiger charge is 2.32. The summed E-state index contributed by atoms with van der Waals surface area (Å²) < 4.78 is 71.2. The van der Waals surface area contributed by atoms with Crippen molar-refractivity contribution in [3.05, 3.63) is 143 Å². The molecule has 1 aliphatic carbocycles. The van der Waals surface area contributed by atoms with Crippen molar-refractivity contribution >= 4 is 33.2 Å². The summed E-state index contributed by atoms with van der Waals surface area (Å²) >= 11 is 0. The first-order chi connectivity index (χ1) is 22.6. The Morgan fingerprint density at radius 1 is 0.833 bits per heavy atom. The highest BCUT2D eigenvalue weighted by molar-refractivity contribution is 7.86. The number of oxime groups is 1. The summed E-state index contributed by atoms with van der Waals surface area (Å²) in [5, 5.41) is 9.36. The van der Waals surface area contributed by atoms with Crippen molar-refractivity contribution in [3.63, 3.8) is 0 Å². The van der Waals surface area contributed by atoms with Crippen molar-refractivity contribution in [2.75, 3.05) is 5.32 Å². The maximum absolute atomic E-state index is 13.6. The molecule has 4 aromatic carbocycles. The summed E-state index contributed by atoms with van der Waals surface area (Å²) in [6.07, 6.45) is -3.28. The van der Waals surface area contributed by atoms with E-state index in [0.717, 1.165) is 17.7 Å². The van der Waals surface area contributed by atoms with Crippen LogP contribution in [0.3, 0.4) is 0 Å². The lowest BCUT2D eigenvalue weighted by Crippen LogP contribution is -2.44. The Labute approximate surface area is 276 Å². The topological polar surface area (TPSA) is 114 Å². The molecule has 0 spiro atoms. The van der Waals surface area contributed by atoms with Gasteiger partial charge in [0.15, 0.2) is 0 Å². The Kier molecular flexibility index (Phi) is 9.58. The van der Waals surface area contributed by atoms with Crippen LogP contribution in [0.5, 0.6) is 0 Å². The largest absolute Gasteiger partial charge is 0.416 e.